The lowest BCUT2D eigenvalue weighted by atomic mass is 10.00. The number of nitrogens with zero attached hydrogens (tertiary/aromatic N) is 2. The summed E-state index contributed by atoms with van der Waals surface area (Å²) in [5.74, 6) is 0.467. The lowest BCUT2D eigenvalue weighted by Gasteiger charge is -2.34. The minimum atomic E-state index is -3.25. The fourth-order valence-electron chi connectivity index (χ4n) is 3.18. The fraction of sp³-hybridized carbons (Fsp3) is 1.00. The van der Waals surface area contributed by atoms with Crippen molar-refractivity contribution in [3.05, 3.63) is 0 Å². The molecule has 0 spiro atoms. The van der Waals surface area contributed by atoms with Crippen LogP contribution in [0.25, 0.3) is 0 Å². The highest BCUT2D eigenvalue weighted by Gasteiger charge is 2.31. The molecule has 2 fully saturated rings. The van der Waals surface area contributed by atoms with Crippen LogP contribution in [0, 0.1) is 5.92 Å². The van der Waals surface area contributed by atoms with Crippen LogP contribution in [0.2, 0.25) is 0 Å². The minimum absolute atomic E-state index is 0.467. The summed E-state index contributed by atoms with van der Waals surface area (Å²) in [6.07, 6.45) is 6.35. The van der Waals surface area contributed by atoms with Gasteiger partial charge in [-0.05, 0) is 51.1 Å². The first-order valence-corrected chi connectivity index (χ1v) is 9.50. The summed E-state index contributed by atoms with van der Waals surface area (Å²) in [5.41, 5.74) is 0. The summed E-state index contributed by atoms with van der Waals surface area (Å²) < 4.78 is 29.0. The summed E-state index contributed by atoms with van der Waals surface area (Å²) in [4.78, 5) is 0. The third kappa shape index (κ3) is 4.16. The van der Waals surface area contributed by atoms with Crippen LogP contribution in [-0.2, 0) is 10.2 Å². The molecule has 0 amide bonds. The molecular weight excluding hydrogens is 274 g/mol. The average molecular weight is 303 g/mol. The molecule has 20 heavy (non-hydrogen) atoms. The Kier molecular flexibility index (Phi) is 6.26. The van der Waals surface area contributed by atoms with Crippen LogP contribution >= 0.6 is 0 Å². The third-order valence-corrected chi connectivity index (χ3v) is 6.30. The molecule has 0 aromatic carbocycles. The van der Waals surface area contributed by atoms with Gasteiger partial charge in [0.2, 0.25) is 0 Å². The van der Waals surface area contributed by atoms with Crippen LogP contribution in [0.5, 0.6) is 0 Å². The van der Waals surface area contributed by atoms with Crippen molar-refractivity contribution >= 4 is 10.2 Å². The van der Waals surface area contributed by atoms with Gasteiger partial charge >= 0.3 is 0 Å². The molecule has 2 rings (SSSR count). The zero-order valence-electron chi connectivity index (χ0n) is 12.7. The molecule has 118 valence electrons. The summed E-state index contributed by atoms with van der Waals surface area (Å²) in [6.45, 7) is 6.81. The van der Waals surface area contributed by atoms with E-state index in [0.29, 0.717) is 32.1 Å². The molecule has 2 aliphatic rings. The van der Waals surface area contributed by atoms with Gasteiger partial charge < -0.3 is 5.32 Å². The highest BCUT2D eigenvalue weighted by Crippen LogP contribution is 2.20. The molecule has 2 heterocycles. The molecule has 0 aliphatic carbocycles. The van der Waals surface area contributed by atoms with E-state index in [1.807, 2.05) is 0 Å². The second kappa shape index (κ2) is 7.73. The van der Waals surface area contributed by atoms with E-state index in [4.69, 9.17) is 0 Å². The second-order valence-corrected chi connectivity index (χ2v) is 7.97. The van der Waals surface area contributed by atoms with E-state index >= 15 is 0 Å². The molecule has 0 saturated carbocycles. The Balaban J connectivity index is 2.01. The van der Waals surface area contributed by atoms with E-state index in [9.17, 15) is 8.42 Å². The van der Waals surface area contributed by atoms with Crippen molar-refractivity contribution in [2.75, 3.05) is 39.3 Å². The molecule has 1 N–H and O–H groups in total. The Bertz CT molecular complexity index is 374. The van der Waals surface area contributed by atoms with Gasteiger partial charge in [0.1, 0.15) is 0 Å². The highest BCUT2D eigenvalue weighted by molar-refractivity contribution is 7.86. The maximum absolute atomic E-state index is 12.8. The van der Waals surface area contributed by atoms with Gasteiger partial charge in [0.15, 0.2) is 0 Å². The predicted octanol–water partition coefficient (Wildman–Crippen LogP) is 1.43. The highest BCUT2D eigenvalue weighted by atomic mass is 32.2. The standard InChI is InChI=1S/C14H29N3O2S/c1-2-9-17(13-14-7-6-8-15-12-14)20(18,19)16-10-4-3-5-11-16/h14-15H,2-13H2,1H3. The fourth-order valence-corrected chi connectivity index (χ4v) is 5.04. The third-order valence-electron chi connectivity index (χ3n) is 4.30. The molecule has 0 aromatic rings. The van der Waals surface area contributed by atoms with Crippen LogP contribution < -0.4 is 5.32 Å². The lowest BCUT2D eigenvalue weighted by molar-refractivity contribution is 0.260. The van der Waals surface area contributed by atoms with Crippen LogP contribution in [0.4, 0.5) is 0 Å². The maximum Gasteiger partial charge on any atom is 0.281 e. The Morgan fingerprint density at radius 3 is 2.55 bits per heavy atom. The first-order valence-electron chi connectivity index (χ1n) is 8.10. The molecule has 6 heteroatoms. The van der Waals surface area contributed by atoms with Gasteiger partial charge in [0, 0.05) is 26.2 Å². The number of hydrogen-bond acceptors (Lipinski definition) is 3. The van der Waals surface area contributed by atoms with Gasteiger partial charge in [-0.2, -0.15) is 17.0 Å². The number of piperidine rings is 2. The van der Waals surface area contributed by atoms with E-state index in [-0.39, 0.29) is 0 Å². The predicted molar refractivity (Wildman–Crippen MR) is 81.8 cm³/mol. The van der Waals surface area contributed by atoms with Gasteiger partial charge in [-0.15, -0.1) is 0 Å². The Morgan fingerprint density at radius 1 is 1.20 bits per heavy atom. The van der Waals surface area contributed by atoms with Crippen molar-refractivity contribution in [3.63, 3.8) is 0 Å². The smallest absolute Gasteiger partial charge is 0.281 e. The first-order chi connectivity index (χ1) is 9.64. The Hall–Kier alpha value is -0.170. The monoisotopic (exact) mass is 303 g/mol. The lowest BCUT2D eigenvalue weighted by Crippen LogP contribution is -2.49. The van der Waals surface area contributed by atoms with E-state index < -0.39 is 10.2 Å². The zero-order chi connectivity index (χ0) is 14.4. The van der Waals surface area contributed by atoms with Gasteiger partial charge in [0.25, 0.3) is 10.2 Å². The van der Waals surface area contributed by atoms with Gasteiger partial charge in [-0.3, -0.25) is 0 Å². The first kappa shape index (κ1) is 16.2. The molecule has 2 saturated heterocycles. The number of hydrogen-bond donors (Lipinski definition) is 1. The van der Waals surface area contributed by atoms with E-state index in [0.717, 1.165) is 51.6 Å². The van der Waals surface area contributed by atoms with E-state index in [1.54, 1.807) is 8.61 Å². The quantitative estimate of drug-likeness (QED) is 0.807. The topological polar surface area (TPSA) is 52.7 Å². The van der Waals surface area contributed by atoms with E-state index in [2.05, 4.69) is 12.2 Å². The second-order valence-electron chi connectivity index (χ2n) is 6.04. The van der Waals surface area contributed by atoms with Crippen molar-refractivity contribution in [1.82, 2.24) is 13.9 Å². The summed E-state index contributed by atoms with van der Waals surface area (Å²) in [6, 6.07) is 0. The average Bonchev–Trinajstić information content (AvgIpc) is 2.49. The SMILES string of the molecule is CCCN(CC1CCCNC1)S(=O)(=O)N1CCCCC1. The molecule has 2 aliphatic heterocycles. The molecule has 0 aromatic heterocycles. The van der Waals surface area contributed by atoms with Crippen molar-refractivity contribution in [3.8, 4) is 0 Å². The number of nitrogens with one attached hydrogen (secondary N) is 1. The van der Waals surface area contributed by atoms with Gasteiger partial charge in [-0.25, -0.2) is 0 Å². The number of rotatable bonds is 6. The van der Waals surface area contributed by atoms with Gasteiger partial charge in [-0.1, -0.05) is 13.3 Å². The van der Waals surface area contributed by atoms with Crippen molar-refractivity contribution in [1.29, 1.82) is 0 Å². The molecule has 5 nitrogen and oxygen atoms in total. The van der Waals surface area contributed by atoms with Crippen LogP contribution in [0.15, 0.2) is 0 Å². The van der Waals surface area contributed by atoms with E-state index in [1.165, 1.54) is 0 Å². The molecule has 1 unspecified atom stereocenters. The van der Waals surface area contributed by atoms with Crippen molar-refractivity contribution in [2.24, 2.45) is 5.92 Å². The summed E-state index contributed by atoms with van der Waals surface area (Å²) in [7, 11) is -3.25. The largest absolute Gasteiger partial charge is 0.316 e. The normalized spacial score (nSPS) is 26.0. The van der Waals surface area contributed by atoms with Crippen LogP contribution in [-0.4, -0.2) is 56.3 Å². The maximum atomic E-state index is 12.8. The van der Waals surface area contributed by atoms with Crippen LogP contribution in [0.3, 0.4) is 0 Å². The van der Waals surface area contributed by atoms with Crippen molar-refractivity contribution in [2.45, 2.75) is 45.4 Å². The van der Waals surface area contributed by atoms with Crippen LogP contribution in [0.1, 0.15) is 45.4 Å². The summed E-state index contributed by atoms with van der Waals surface area (Å²) >= 11 is 0. The molecule has 0 bridgehead atoms. The minimum Gasteiger partial charge on any atom is -0.316 e. The molecule has 0 radical (unpaired) electrons. The molecular formula is C14H29N3O2S. The Labute approximate surface area is 123 Å². The molecule has 1 atom stereocenters. The Morgan fingerprint density at radius 2 is 1.95 bits per heavy atom. The summed E-state index contributed by atoms with van der Waals surface area (Å²) in [5, 5.41) is 3.38. The van der Waals surface area contributed by atoms with Gasteiger partial charge in [0.05, 0.1) is 0 Å². The van der Waals surface area contributed by atoms with Crippen molar-refractivity contribution < 1.29 is 8.42 Å². The zero-order valence-corrected chi connectivity index (χ0v) is 13.5.